The van der Waals surface area contributed by atoms with E-state index >= 15 is 0 Å². The van der Waals surface area contributed by atoms with E-state index in [-0.39, 0.29) is 0 Å². The molecule has 0 amide bonds. The van der Waals surface area contributed by atoms with Crippen molar-refractivity contribution in [1.29, 1.82) is 0 Å². The molecule has 0 radical (unpaired) electrons. The van der Waals surface area contributed by atoms with Gasteiger partial charge in [0.1, 0.15) is 11.5 Å². The maximum atomic E-state index is 6.16. The van der Waals surface area contributed by atoms with Crippen LogP contribution in [0.3, 0.4) is 0 Å². The Morgan fingerprint density at radius 3 is 2.24 bits per heavy atom. The highest BCUT2D eigenvalue weighted by Gasteiger charge is 2.25. The first-order valence-electron chi connectivity index (χ1n) is 12.2. The number of rotatable bonds is 10. The molecule has 2 aliphatic heterocycles. The minimum absolute atomic E-state index is 0.376. The van der Waals surface area contributed by atoms with Crippen LogP contribution in [0, 0.1) is 0 Å². The second-order valence-electron chi connectivity index (χ2n) is 9.26. The highest BCUT2D eigenvalue weighted by molar-refractivity contribution is 5.45. The number of likely N-dealkylation sites (N-methyl/N-ethyl adjacent to an activating group) is 1. The first kappa shape index (κ1) is 24.0. The van der Waals surface area contributed by atoms with Crippen LogP contribution in [-0.4, -0.2) is 95.0 Å². The molecule has 2 aliphatic rings. The van der Waals surface area contributed by atoms with Crippen molar-refractivity contribution >= 4 is 0 Å². The Hall–Kier alpha value is -2.12. The van der Waals surface area contributed by atoms with Gasteiger partial charge in [0.05, 0.1) is 20.3 Å². The van der Waals surface area contributed by atoms with Crippen LogP contribution in [0.4, 0.5) is 0 Å². The Bertz CT molecular complexity index is 865. The van der Waals surface area contributed by atoms with Crippen LogP contribution in [0.2, 0.25) is 0 Å². The number of piperazine rings is 1. The van der Waals surface area contributed by atoms with E-state index in [1.54, 1.807) is 14.2 Å². The summed E-state index contributed by atoms with van der Waals surface area (Å²) in [7, 11) is 5.68. The number of ether oxygens (including phenoxy) is 3. The van der Waals surface area contributed by atoms with E-state index in [4.69, 9.17) is 14.2 Å². The van der Waals surface area contributed by atoms with Crippen molar-refractivity contribution in [3.05, 3.63) is 59.2 Å². The number of hydrogen-bond donors (Lipinski definition) is 0. The van der Waals surface area contributed by atoms with E-state index in [0.29, 0.717) is 5.92 Å². The fourth-order valence-electron chi connectivity index (χ4n) is 4.97. The Labute approximate surface area is 199 Å². The van der Waals surface area contributed by atoms with Crippen molar-refractivity contribution in [3.63, 3.8) is 0 Å². The molecule has 33 heavy (non-hydrogen) atoms. The molecule has 180 valence electrons. The van der Waals surface area contributed by atoms with Crippen molar-refractivity contribution in [2.24, 2.45) is 0 Å². The minimum atomic E-state index is 0.376. The average molecular weight is 454 g/mol. The summed E-state index contributed by atoms with van der Waals surface area (Å²) in [5, 5.41) is 0. The van der Waals surface area contributed by atoms with Gasteiger partial charge in [0, 0.05) is 65.4 Å². The highest BCUT2D eigenvalue weighted by atomic mass is 16.5. The number of fused-ring (bicyclic) bond motifs is 1. The lowest BCUT2D eigenvalue weighted by Gasteiger charge is -2.34. The summed E-state index contributed by atoms with van der Waals surface area (Å²) in [6.07, 6.45) is 1.06. The highest BCUT2D eigenvalue weighted by Crippen LogP contribution is 2.35. The third kappa shape index (κ3) is 6.48. The summed E-state index contributed by atoms with van der Waals surface area (Å²) in [5.74, 6) is 2.27. The van der Waals surface area contributed by atoms with Crippen LogP contribution in [0.1, 0.15) is 29.0 Å². The molecule has 0 aliphatic carbocycles. The molecule has 2 aromatic rings. The lowest BCUT2D eigenvalue weighted by atomic mass is 9.84. The van der Waals surface area contributed by atoms with Crippen LogP contribution in [0.5, 0.6) is 11.5 Å². The van der Waals surface area contributed by atoms with Crippen molar-refractivity contribution in [2.75, 3.05) is 80.3 Å². The zero-order valence-electron chi connectivity index (χ0n) is 20.5. The van der Waals surface area contributed by atoms with Gasteiger partial charge in [-0.2, -0.15) is 0 Å². The second-order valence-corrected chi connectivity index (χ2v) is 9.26. The lowest BCUT2D eigenvalue weighted by Crippen LogP contribution is -2.47. The molecule has 0 aromatic heterocycles. The molecule has 0 spiro atoms. The molecule has 2 heterocycles. The van der Waals surface area contributed by atoms with Crippen molar-refractivity contribution in [1.82, 2.24) is 14.7 Å². The maximum absolute atomic E-state index is 6.16. The zero-order valence-corrected chi connectivity index (χ0v) is 20.5. The number of methoxy groups -OCH3 is 2. The standard InChI is InChI=1S/C27H39N3O3/c1-28-20-23-19-25(33-17-4-11-29-12-14-30(15-13-29)16-18-31-2)9-10-26(23)27(21-28)22-5-7-24(32-3)8-6-22/h5-10,19,27H,4,11-18,20-21H2,1-3H3. The third-order valence-electron chi connectivity index (χ3n) is 6.91. The number of nitrogens with zero attached hydrogens (tertiary/aromatic N) is 3. The number of hydrogen-bond acceptors (Lipinski definition) is 6. The van der Waals surface area contributed by atoms with Crippen LogP contribution in [0.15, 0.2) is 42.5 Å². The van der Waals surface area contributed by atoms with Crippen LogP contribution in [-0.2, 0) is 11.3 Å². The van der Waals surface area contributed by atoms with Gasteiger partial charge in [-0.25, -0.2) is 0 Å². The fourth-order valence-corrected chi connectivity index (χ4v) is 4.97. The zero-order chi connectivity index (χ0) is 23.0. The molecule has 1 saturated heterocycles. The van der Waals surface area contributed by atoms with Gasteiger partial charge < -0.3 is 24.0 Å². The van der Waals surface area contributed by atoms with Crippen LogP contribution >= 0.6 is 0 Å². The molecule has 0 N–H and O–H groups in total. The van der Waals surface area contributed by atoms with Gasteiger partial charge in [-0.15, -0.1) is 0 Å². The molecule has 0 bridgehead atoms. The molecule has 2 aromatic carbocycles. The Kier molecular flexibility index (Phi) is 8.62. The molecule has 6 heteroatoms. The molecular weight excluding hydrogens is 414 g/mol. The lowest BCUT2D eigenvalue weighted by molar-refractivity contribution is 0.0942. The van der Waals surface area contributed by atoms with E-state index in [9.17, 15) is 0 Å². The van der Waals surface area contributed by atoms with Gasteiger partial charge in [-0.3, -0.25) is 4.90 Å². The van der Waals surface area contributed by atoms with Crippen molar-refractivity contribution in [3.8, 4) is 11.5 Å². The minimum Gasteiger partial charge on any atom is -0.497 e. The summed E-state index contributed by atoms with van der Waals surface area (Å²) >= 11 is 0. The topological polar surface area (TPSA) is 37.4 Å². The van der Waals surface area contributed by atoms with Gasteiger partial charge >= 0.3 is 0 Å². The molecule has 1 fully saturated rings. The fraction of sp³-hybridized carbons (Fsp3) is 0.556. The van der Waals surface area contributed by atoms with Crippen molar-refractivity contribution < 1.29 is 14.2 Å². The first-order chi connectivity index (χ1) is 16.2. The Morgan fingerprint density at radius 1 is 0.848 bits per heavy atom. The monoisotopic (exact) mass is 453 g/mol. The molecule has 6 nitrogen and oxygen atoms in total. The molecule has 1 atom stereocenters. The quantitative estimate of drug-likeness (QED) is 0.514. The maximum Gasteiger partial charge on any atom is 0.119 e. The summed E-state index contributed by atoms with van der Waals surface area (Å²) in [5.41, 5.74) is 4.12. The summed E-state index contributed by atoms with van der Waals surface area (Å²) in [6.45, 7) is 10.3. The van der Waals surface area contributed by atoms with E-state index in [1.807, 2.05) is 0 Å². The summed E-state index contributed by atoms with van der Waals surface area (Å²) in [4.78, 5) is 7.43. The van der Waals surface area contributed by atoms with Crippen LogP contribution in [0.25, 0.3) is 0 Å². The van der Waals surface area contributed by atoms with Gasteiger partial charge in [0.15, 0.2) is 0 Å². The van der Waals surface area contributed by atoms with E-state index in [2.05, 4.69) is 64.2 Å². The SMILES string of the molecule is COCCN1CCN(CCCOc2ccc3c(c2)CN(C)CC3c2ccc(OC)cc2)CC1. The first-order valence-corrected chi connectivity index (χ1v) is 12.2. The summed E-state index contributed by atoms with van der Waals surface area (Å²) in [6, 6.07) is 15.2. The molecular formula is C27H39N3O3. The summed E-state index contributed by atoms with van der Waals surface area (Å²) < 4.78 is 16.7. The number of benzene rings is 2. The van der Waals surface area contributed by atoms with Crippen molar-refractivity contribution in [2.45, 2.75) is 18.9 Å². The van der Waals surface area contributed by atoms with Gasteiger partial charge in [-0.1, -0.05) is 18.2 Å². The van der Waals surface area contributed by atoms with Gasteiger partial charge in [-0.05, 0) is 54.4 Å². The Morgan fingerprint density at radius 2 is 1.55 bits per heavy atom. The largest absolute Gasteiger partial charge is 0.497 e. The predicted octanol–water partition coefficient (Wildman–Crippen LogP) is 3.31. The van der Waals surface area contributed by atoms with Crippen LogP contribution < -0.4 is 9.47 Å². The smallest absolute Gasteiger partial charge is 0.119 e. The van der Waals surface area contributed by atoms with E-state index < -0.39 is 0 Å². The molecule has 4 rings (SSSR count). The van der Waals surface area contributed by atoms with Gasteiger partial charge in [0.25, 0.3) is 0 Å². The Balaban J connectivity index is 1.28. The van der Waals surface area contributed by atoms with E-state index in [0.717, 1.165) is 83.5 Å². The third-order valence-corrected chi connectivity index (χ3v) is 6.91. The molecule has 0 saturated carbocycles. The second kappa shape index (κ2) is 11.8. The normalized spacial score (nSPS) is 19.9. The predicted molar refractivity (Wildman–Crippen MR) is 132 cm³/mol. The van der Waals surface area contributed by atoms with Gasteiger partial charge in [0.2, 0.25) is 0 Å². The average Bonchev–Trinajstić information content (AvgIpc) is 2.85. The molecule has 1 unspecified atom stereocenters. The van der Waals surface area contributed by atoms with E-state index in [1.165, 1.54) is 16.7 Å².